The van der Waals surface area contributed by atoms with E-state index in [-0.39, 0.29) is 28.4 Å². The van der Waals surface area contributed by atoms with Crippen LogP contribution in [0.2, 0.25) is 0 Å². The van der Waals surface area contributed by atoms with E-state index in [2.05, 4.69) is 4.98 Å². The third-order valence-electron chi connectivity index (χ3n) is 1.89. The molecule has 1 radical (unpaired) electrons. The number of rotatable bonds is 3. The smallest absolute Gasteiger partial charge is 0.167 e. The van der Waals surface area contributed by atoms with Crippen LogP contribution in [0.3, 0.4) is 0 Å². The van der Waals surface area contributed by atoms with Crippen molar-refractivity contribution in [2.75, 3.05) is 0 Å². The maximum atomic E-state index is 11.1. The second-order valence-corrected chi connectivity index (χ2v) is 3.07. The van der Waals surface area contributed by atoms with Gasteiger partial charge in [-0.2, -0.15) is 0 Å². The molecule has 0 bridgehead atoms. The van der Waals surface area contributed by atoms with Crippen molar-refractivity contribution in [3.8, 4) is 0 Å². The van der Waals surface area contributed by atoms with Crippen molar-refractivity contribution in [2.45, 2.75) is 13.8 Å². The molecule has 1 rings (SSSR count). The van der Waals surface area contributed by atoms with Crippen molar-refractivity contribution in [1.29, 1.82) is 0 Å². The molecular formula is C11H11CuNO3. The number of carbonyl (C=O) groups excluding carboxylic acids is 2. The van der Waals surface area contributed by atoms with E-state index in [0.29, 0.717) is 5.56 Å². The van der Waals surface area contributed by atoms with Gasteiger partial charge in [-0.05, 0) is 26.0 Å². The molecule has 89 valence electrons. The predicted octanol–water partition coefficient (Wildman–Crippen LogP) is 1.53. The summed E-state index contributed by atoms with van der Waals surface area (Å²) in [6.07, 6.45) is 2.95. The standard InChI is InChI=1S/C11H11NO3.Cu/c1-7(13)10(8(2)14)11(15)9-3-5-12-6-4-9;/h3-6,15H,1-2H3;. The zero-order valence-corrected chi connectivity index (χ0v) is 9.76. The number of hydrogen-bond donors (Lipinski definition) is 1. The minimum absolute atomic E-state index is 0. The SMILES string of the molecule is CC(=O)C(C(C)=O)=C(O)c1ccncc1.[Cu]. The van der Waals surface area contributed by atoms with Crippen LogP contribution < -0.4 is 0 Å². The molecule has 0 aliphatic rings. The minimum Gasteiger partial charge on any atom is -0.506 e. The molecule has 0 atom stereocenters. The molecule has 0 fully saturated rings. The topological polar surface area (TPSA) is 67.3 Å². The summed E-state index contributed by atoms with van der Waals surface area (Å²) in [7, 11) is 0. The summed E-state index contributed by atoms with van der Waals surface area (Å²) in [6, 6.07) is 3.06. The number of aliphatic hydroxyl groups excluding tert-OH is 1. The summed E-state index contributed by atoms with van der Waals surface area (Å²) in [6.45, 7) is 2.49. The molecule has 0 spiro atoms. The second kappa shape index (κ2) is 6.20. The summed E-state index contributed by atoms with van der Waals surface area (Å²) in [5, 5.41) is 9.73. The van der Waals surface area contributed by atoms with Gasteiger partial charge in [-0.1, -0.05) is 0 Å². The number of aliphatic hydroxyl groups is 1. The fourth-order valence-corrected chi connectivity index (χ4v) is 1.24. The Bertz CT molecular complexity index is 410. The Kier molecular flexibility index (Phi) is 5.64. The first-order chi connectivity index (χ1) is 7.04. The molecule has 16 heavy (non-hydrogen) atoms. The summed E-state index contributed by atoms with van der Waals surface area (Å²) in [5.74, 6) is -1.19. The van der Waals surface area contributed by atoms with Gasteiger partial charge >= 0.3 is 0 Å². The molecule has 1 N–H and O–H groups in total. The third kappa shape index (κ3) is 3.29. The number of allylic oxidation sites excluding steroid dienone is 1. The van der Waals surface area contributed by atoms with E-state index in [9.17, 15) is 14.7 Å². The van der Waals surface area contributed by atoms with Gasteiger partial charge in [0.05, 0.1) is 0 Å². The molecule has 0 unspecified atom stereocenters. The number of aromatic nitrogens is 1. The average molecular weight is 269 g/mol. The second-order valence-electron chi connectivity index (χ2n) is 3.07. The molecule has 0 saturated carbocycles. The maximum absolute atomic E-state index is 11.1. The maximum Gasteiger partial charge on any atom is 0.167 e. The van der Waals surface area contributed by atoms with Crippen LogP contribution in [0.15, 0.2) is 30.1 Å². The van der Waals surface area contributed by atoms with Crippen LogP contribution in [0.4, 0.5) is 0 Å². The summed E-state index contributed by atoms with van der Waals surface area (Å²) < 4.78 is 0. The van der Waals surface area contributed by atoms with Crippen LogP contribution in [0.25, 0.3) is 5.76 Å². The van der Waals surface area contributed by atoms with Crippen LogP contribution in [-0.4, -0.2) is 21.7 Å². The van der Waals surface area contributed by atoms with Gasteiger partial charge in [0.25, 0.3) is 0 Å². The minimum atomic E-state index is -0.447. The Morgan fingerprint density at radius 1 is 1.12 bits per heavy atom. The fraction of sp³-hybridized carbons (Fsp3) is 0.182. The van der Waals surface area contributed by atoms with Crippen molar-refractivity contribution >= 4 is 17.3 Å². The quantitative estimate of drug-likeness (QED) is 0.297. The predicted molar refractivity (Wildman–Crippen MR) is 55.1 cm³/mol. The fourth-order valence-electron chi connectivity index (χ4n) is 1.24. The third-order valence-corrected chi connectivity index (χ3v) is 1.89. The van der Waals surface area contributed by atoms with Crippen LogP contribution in [0.5, 0.6) is 0 Å². The molecule has 1 aromatic heterocycles. The van der Waals surface area contributed by atoms with Gasteiger partial charge in [0.15, 0.2) is 11.6 Å². The first kappa shape index (κ1) is 14.5. The molecule has 0 aromatic carbocycles. The number of carbonyl (C=O) groups is 2. The number of ketones is 2. The van der Waals surface area contributed by atoms with Gasteiger partial charge in [-0.3, -0.25) is 14.6 Å². The normalized spacial score (nSPS) is 8.88. The van der Waals surface area contributed by atoms with Crippen LogP contribution in [-0.2, 0) is 26.7 Å². The Morgan fingerprint density at radius 2 is 1.56 bits per heavy atom. The zero-order chi connectivity index (χ0) is 11.4. The average Bonchev–Trinajstić information content (AvgIpc) is 2.18. The molecule has 1 heterocycles. The Labute approximate surface area is 104 Å². The van der Waals surface area contributed by atoms with E-state index in [1.54, 1.807) is 0 Å². The van der Waals surface area contributed by atoms with Crippen molar-refractivity contribution in [1.82, 2.24) is 4.98 Å². The Morgan fingerprint density at radius 3 is 1.94 bits per heavy atom. The summed E-state index contributed by atoms with van der Waals surface area (Å²) in [4.78, 5) is 26.1. The van der Waals surface area contributed by atoms with Crippen LogP contribution >= 0.6 is 0 Å². The molecule has 0 amide bonds. The molecule has 0 saturated heterocycles. The largest absolute Gasteiger partial charge is 0.506 e. The monoisotopic (exact) mass is 268 g/mol. The summed E-state index contributed by atoms with van der Waals surface area (Å²) in [5.41, 5.74) is 0.228. The number of nitrogens with zero attached hydrogens (tertiary/aromatic N) is 1. The van der Waals surface area contributed by atoms with E-state index in [1.165, 1.54) is 38.4 Å². The van der Waals surface area contributed by atoms with E-state index in [4.69, 9.17) is 0 Å². The first-order valence-electron chi connectivity index (χ1n) is 4.39. The van der Waals surface area contributed by atoms with Crippen molar-refractivity contribution < 1.29 is 31.8 Å². The van der Waals surface area contributed by atoms with Gasteiger partial charge < -0.3 is 5.11 Å². The van der Waals surface area contributed by atoms with E-state index in [0.717, 1.165) is 0 Å². The van der Waals surface area contributed by atoms with Crippen LogP contribution in [0.1, 0.15) is 19.4 Å². The van der Waals surface area contributed by atoms with E-state index >= 15 is 0 Å². The number of pyridine rings is 1. The molecule has 5 heteroatoms. The number of hydrogen-bond acceptors (Lipinski definition) is 4. The molecular weight excluding hydrogens is 258 g/mol. The summed E-state index contributed by atoms with van der Waals surface area (Å²) >= 11 is 0. The van der Waals surface area contributed by atoms with E-state index < -0.39 is 11.6 Å². The molecule has 4 nitrogen and oxygen atoms in total. The number of Topliss-reactive ketones (excluding diaryl/α,β-unsaturated/α-hetero) is 2. The zero-order valence-electron chi connectivity index (χ0n) is 8.82. The van der Waals surface area contributed by atoms with Crippen LogP contribution in [0, 0.1) is 0 Å². The van der Waals surface area contributed by atoms with Gasteiger partial charge in [0.1, 0.15) is 11.3 Å². The molecule has 0 aliphatic carbocycles. The van der Waals surface area contributed by atoms with Gasteiger partial charge in [-0.25, -0.2) is 0 Å². The van der Waals surface area contributed by atoms with Crippen molar-refractivity contribution in [2.24, 2.45) is 0 Å². The van der Waals surface area contributed by atoms with Gasteiger partial charge in [-0.15, -0.1) is 0 Å². The Hall–Kier alpha value is -1.45. The van der Waals surface area contributed by atoms with Gasteiger partial charge in [0.2, 0.25) is 0 Å². The molecule has 0 aliphatic heterocycles. The Balaban J connectivity index is 0.00000225. The molecule has 1 aromatic rings. The first-order valence-corrected chi connectivity index (χ1v) is 4.39. The van der Waals surface area contributed by atoms with Crippen molar-refractivity contribution in [3.05, 3.63) is 35.7 Å². The van der Waals surface area contributed by atoms with E-state index in [1.807, 2.05) is 0 Å². The van der Waals surface area contributed by atoms with Crippen molar-refractivity contribution in [3.63, 3.8) is 0 Å². The van der Waals surface area contributed by atoms with Gasteiger partial charge in [0, 0.05) is 35.0 Å².